The molecule has 35 heavy (non-hydrogen) atoms. The number of ether oxygens (including phenoxy) is 4. The van der Waals surface area contributed by atoms with Gasteiger partial charge in [-0.25, -0.2) is 4.39 Å². The molecule has 1 fully saturated rings. The molecule has 6 nitrogen and oxygen atoms in total. The quantitative estimate of drug-likeness (QED) is 0.272. The zero-order valence-electron chi connectivity index (χ0n) is 21.0. The zero-order chi connectivity index (χ0) is 25.4. The van der Waals surface area contributed by atoms with E-state index in [9.17, 15) is 9.18 Å². The van der Waals surface area contributed by atoms with Crippen LogP contribution in [0.3, 0.4) is 0 Å². The average molecular weight is 508 g/mol. The highest BCUT2D eigenvalue weighted by molar-refractivity contribution is 6.34. The highest BCUT2D eigenvalue weighted by Crippen LogP contribution is 2.48. The van der Waals surface area contributed by atoms with Crippen molar-refractivity contribution in [1.82, 2.24) is 4.90 Å². The molecule has 0 N–H and O–H groups in total. The number of hydrogen-bond donors (Lipinski definition) is 0. The van der Waals surface area contributed by atoms with Crippen molar-refractivity contribution in [3.63, 3.8) is 0 Å². The number of morpholine rings is 1. The second kappa shape index (κ2) is 13.1. The van der Waals surface area contributed by atoms with Gasteiger partial charge in [0.25, 0.3) is 0 Å². The van der Waals surface area contributed by atoms with Gasteiger partial charge in [-0.3, -0.25) is 9.69 Å². The van der Waals surface area contributed by atoms with E-state index < -0.39 is 0 Å². The van der Waals surface area contributed by atoms with Gasteiger partial charge >= 0.3 is 0 Å². The fourth-order valence-electron chi connectivity index (χ4n) is 4.22. The summed E-state index contributed by atoms with van der Waals surface area (Å²) in [6.07, 6.45) is 1.47. The Morgan fingerprint density at radius 2 is 1.77 bits per heavy atom. The molecular formula is C27H35ClFNO5. The lowest BCUT2D eigenvalue weighted by Crippen LogP contribution is -2.37. The second-order valence-corrected chi connectivity index (χ2v) is 9.19. The highest BCUT2D eigenvalue weighted by Gasteiger charge is 2.27. The SMILES string of the molecule is COc1c(Cl)c(C)c(C(C)=O)c(OCCCN2CCOCC2)c1OCCC(C)c1ccc(F)cc1. The van der Waals surface area contributed by atoms with Crippen LogP contribution in [0.2, 0.25) is 5.02 Å². The lowest BCUT2D eigenvalue weighted by molar-refractivity contribution is 0.0357. The third-order valence-corrected chi connectivity index (χ3v) is 6.76. The van der Waals surface area contributed by atoms with Crippen LogP contribution in [0.1, 0.15) is 54.1 Å². The van der Waals surface area contributed by atoms with E-state index in [1.807, 2.05) is 0 Å². The van der Waals surface area contributed by atoms with Crippen molar-refractivity contribution in [2.45, 2.75) is 39.5 Å². The molecule has 192 valence electrons. The molecule has 0 aliphatic carbocycles. The Hall–Kier alpha value is -2.35. The number of halogens is 2. The maximum absolute atomic E-state index is 13.3. The van der Waals surface area contributed by atoms with E-state index in [2.05, 4.69) is 11.8 Å². The molecule has 2 aromatic rings. The normalized spacial score (nSPS) is 15.0. The van der Waals surface area contributed by atoms with Crippen LogP contribution in [0.25, 0.3) is 0 Å². The molecule has 0 saturated carbocycles. The molecular weight excluding hydrogens is 473 g/mol. The highest BCUT2D eigenvalue weighted by atomic mass is 35.5. The monoisotopic (exact) mass is 507 g/mol. The number of Topliss-reactive ketones (excluding diaryl/α,β-unsaturated/α-hetero) is 1. The van der Waals surface area contributed by atoms with Gasteiger partial charge in [0.1, 0.15) is 5.82 Å². The van der Waals surface area contributed by atoms with Crippen LogP contribution in [0.4, 0.5) is 4.39 Å². The third-order valence-electron chi connectivity index (χ3n) is 6.30. The first kappa shape index (κ1) is 27.2. The number of ketones is 1. The standard InChI is InChI=1S/C27H35ClFNO5/c1-18(21-6-8-22(29)9-7-21)10-15-35-27-25(34-14-5-11-30-12-16-33-17-13-30)23(20(3)31)19(2)24(28)26(27)32-4/h6-9,18H,5,10-17H2,1-4H3. The number of carbonyl (C=O) groups is 1. The molecule has 1 aliphatic heterocycles. The van der Waals surface area contributed by atoms with Crippen molar-refractivity contribution in [2.24, 2.45) is 0 Å². The zero-order valence-corrected chi connectivity index (χ0v) is 21.8. The van der Waals surface area contributed by atoms with Gasteiger partial charge in [-0.05, 0) is 55.9 Å². The Morgan fingerprint density at radius 3 is 2.40 bits per heavy atom. The van der Waals surface area contributed by atoms with Gasteiger partial charge in [-0.1, -0.05) is 30.7 Å². The number of methoxy groups -OCH3 is 1. The van der Waals surface area contributed by atoms with Crippen LogP contribution in [-0.2, 0) is 4.74 Å². The molecule has 1 saturated heterocycles. The van der Waals surface area contributed by atoms with Crippen LogP contribution in [0, 0.1) is 12.7 Å². The Kier molecular flexibility index (Phi) is 10.2. The number of rotatable bonds is 12. The number of carbonyl (C=O) groups excluding carboxylic acids is 1. The minimum Gasteiger partial charge on any atom is -0.491 e. The molecule has 3 rings (SSSR count). The van der Waals surface area contributed by atoms with E-state index in [4.69, 9.17) is 30.5 Å². The topological polar surface area (TPSA) is 57.2 Å². The van der Waals surface area contributed by atoms with E-state index in [0.29, 0.717) is 53.0 Å². The van der Waals surface area contributed by atoms with Gasteiger partial charge in [0, 0.05) is 19.6 Å². The van der Waals surface area contributed by atoms with Crippen LogP contribution in [-0.4, -0.2) is 63.9 Å². The summed E-state index contributed by atoms with van der Waals surface area (Å²) in [5, 5.41) is 0.333. The third kappa shape index (κ3) is 7.09. The van der Waals surface area contributed by atoms with Crippen molar-refractivity contribution in [3.8, 4) is 17.2 Å². The molecule has 0 spiro atoms. The summed E-state index contributed by atoms with van der Waals surface area (Å²) in [6, 6.07) is 6.47. The first-order valence-corrected chi connectivity index (χ1v) is 12.4. The fraction of sp³-hybridized carbons (Fsp3) is 0.519. The predicted molar refractivity (Wildman–Crippen MR) is 135 cm³/mol. The van der Waals surface area contributed by atoms with Crippen LogP contribution < -0.4 is 14.2 Å². The van der Waals surface area contributed by atoms with Gasteiger partial charge in [0.05, 0.1) is 44.1 Å². The van der Waals surface area contributed by atoms with Gasteiger partial charge in [-0.2, -0.15) is 0 Å². The Labute approximate surface area is 212 Å². The lowest BCUT2D eigenvalue weighted by Gasteiger charge is -2.26. The van der Waals surface area contributed by atoms with E-state index in [1.165, 1.54) is 26.2 Å². The summed E-state index contributed by atoms with van der Waals surface area (Å²) in [5.74, 6) is 0.793. The van der Waals surface area contributed by atoms with E-state index >= 15 is 0 Å². The summed E-state index contributed by atoms with van der Waals surface area (Å²) in [4.78, 5) is 14.9. The van der Waals surface area contributed by atoms with Crippen LogP contribution >= 0.6 is 11.6 Å². The van der Waals surface area contributed by atoms with Crippen molar-refractivity contribution in [1.29, 1.82) is 0 Å². The molecule has 0 amide bonds. The average Bonchev–Trinajstić information content (AvgIpc) is 2.85. The smallest absolute Gasteiger partial charge is 0.205 e. The Bertz CT molecular complexity index is 992. The minimum absolute atomic E-state index is 0.146. The van der Waals surface area contributed by atoms with Crippen molar-refractivity contribution in [2.75, 3.05) is 53.2 Å². The molecule has 2 aromatic carbocycles. The molecule has 1 unspecified atom stereocenters. The number of benzene rings is 2. The van der Waals surface area contributed by atoms with Crippen LogP contribution in [0.5, 0.6) is 17.2 Å². The molecule has 0 radical (unpaired) electrons. The second-order valence-electron chi connectivity index (χ2n) is 8.81. The maximum Gasteiger partial charge on any atom is 0.205 e. The summed E-state index contributed by atoms with van der Waals surface area (Å²) >= 11 is 6.57. The molecule has 0 bridgehead atoms. The number of nitrogens with zero attached hydrogens (tertiary/aromatic N) is 1. The summed E-state index contributed by atoms with van der Waals surface area (Å²) in [7, 11) is 1.52. The Morgan fingerprint density at radius 1 is 1.11 bits per heavy atom. The predicted octanol–water partition coefficient (Wildman–Crippen LogP) is 5.67. The van der Waals surface area contributed by atoms with Crippen LogP contribution in [0.15, 0.2) is 24.3 Å². The van der Waals surface area contributed by atoms with Gasteiger partial charge in [0.15, 0.2) is 17.3 Å². The largest absolute Gasteiger partial charge is 0.491 e. The molecule has 1 aliphatic rings. The first-order valence-electron chi connectivity index (χ1n) is 12.1. The summed E-state index contributed by atoms with van der Waals surface area (Å²) < 4.78 is 36.6. The maximum atomic E-state index is 13.3. The summed E-state index contributed by atoms with van der Waals surface area (Å²) in [5.41, 5.74) is 2.03. The van der Waals surface area contributed by atoms with E-state index in [-0.39, 0.29) is 17.5 Å². The molecule has 8 heteroatoms. The summed E-state index contributed by atoms with van der Waals surface area (Å²) in [6.45, 7) is 10.3. The lowest BCUT2D eigenvalue weighted by atomic mass is 9.98. The molecule has 1 heterocycles. The van der Waals surface area contributed by atoms with Gasteiger partial charge in [0.2, 0.25) is 5.75 Å². The first-order chi connectivity index (χ1) is 16.8. The van der Waals surface area contributed by atoms with Crippen molar-refractivity contribution < 1.29 is 28.1 Å². The number of hydrogen-bond acceptors (Lipinski definition) is 6. The van der Waals surface area contributed by atoms with Crippen molar-refractivity contribution in [3.05, 3.63) is 51.8 Å². The van der Waals surface area contributed by atoms with E-state index in [0.717, 1.165) is 44.8 Å². The Balaban J connectivity index is 1.76. The van der Waals surface area contributed by atoms with Gasteiger partial charge < -0.3 is 18.9 Å². The molecule has 0 aromatic heterocycles. The van der Waals surface area contributed by atoms with E-state index in [1.54, 1.807) is 19.1 Å². The fourth-order valence-corrected chi connectivity index (χ4v) is 4.48. The minimum atomic E-state index is -0.261. The van der Waals surface area contributed by atoms with Crippen molar-refractivity contribution >= 4 is 17.4 Å². The molecule has 1 atom stereocenters. The van der Waals surface area contributed by atoms with Gasteiger partial charge in [-0.15, -0.1) is 0 Å².